The molecule has 1 amide bonds. The van der Waals surface area contributed by atoms with Crippen molar-refractivity contribution in [3.05, 3.63) is 53.5 Å². The molecule has 0 spiro atoms. The molecular formula is C19H25N5O. The first-order chi connectivity index (χ1) is 12.0. The molecule has 0 bridgehead atoms. The van der Waals surface area contributed by atoms with Gasteiger partial charge in [-0.2, -0.15) is 0 Å². The summed E-state index contributed by atoms with van der Waals surface area (Å²) in [6.45, 7) is 4.24. The number of rotatable bonds is 5. The number of carbonyl (C=O) groups is 1. The number of likely N-dealkylation sites (tertiary alicyclic amines) is 1. The lowest BCUT2D eigenvalue weighted by molar-refractivity contribution is -0.129. The predicted molar refractivity (Wildman–Crippen MR) is 97.8 cm³/mol. The number of nitrogen functional groups attached to an aromatic ring is 1. The van der Waals surface area contributed by atoms with E-state index in [9.17, 15) is 4.79 Å². The molecule has 6 nitrogen and oxygen atoms in total. The second kappa shape index (κ2) is 7.61. The molecule has 0 unspecified atom stereocenters. The molecule has 1 fully saturated rings. The van der Waals surface area contributed by atoms with Crippen molar-refractivity contribution in [2.45, 2.75) is 32.4 Å². The first-order valence-electron chi connectivity index (χ1n) is 8.62. The zero-order chi connectivity index (χ0) is 17.8. The molecule has 132 valence electrons. The van der Waals surface area contributed by atoms with Crippen LogP contribution in [0.25, 0.3) is 0 Å². The van der Waals surface area contributed by atoms with Crippen molar-refractivity contribution in [3.63, 3.8) is 0 Å². The first-order valence-corrected chi connectivity index (χ1v) is 8.62. The van der Waals surface area contributed by atoms with Crippen molar-refractivity contribution in [2.75, 3.05) is 25.9 Å². The number of carbonyl (C=O) groups excluding carboxylic acids is 1. The van der Waals surface area contributed by atoms with Crippen LogP contribution in [-0.4, -0.2) is 51.9 Å². The van der Waals surface area contributed by atoms with Gasteiger partial charge in [0.05, 0.1) is 13.0 Å². The summed E-state index contributed by atoms with van der Waals surface area (Å²) in [5.74, 6) is 1.40. The maximum absolute atomic E-state index is 12.5. The first kappa shape index (κ1) is 17.4. The fraction of sp³-hybridized carbons (Fsp3) is 0.421. The minimum absolute atomic E-state index is 0.194. The van der Waals surface area contributed by atoms with Gasteiger partial charge in [-0.1, -0.05) is 29.8 Å². The molecule has 1 saturated heterocycles. The predicted octanol–water partition coefficient (Wildman–Crippen LogP) is 1.64. The zero-order valence-electron chi connectivity index (χ0n) is 14.9. The normalized spacial score (nSPS) is 17.2. The van der Waals surface area contributed by atoms with Crippen LogP contribution in [0.3, 0.4) is 0 Å². The summed E-state index contributed by atoms with van der Waals surface area (Å²) in [5.41, 5.74) is 7.99. The average Bonchev–Trinajstić information content (AvgIpc) is 3.07. The van der Waals surface area contributed by atoms with E-state index in [1.807, 2.05) is 24.1 Å². The Morgan fingerprint density at radius 3 is 2.80 bits per heavy atom. The van der Waals surface area contributed by atoms with E-state index in [-0.39, 0.29) is 5.91 Å². The fourth-order valence-corrected chi connectivity index (χ4v) is 3.16. The maximum atomic E-state index is 12.5. The highest BCUT2D eigenvalue weighted by atomic mass is 16.2. The summed E-state index contributed by atoms with van der Waals surface area (Å²) >= 11 is 0. The summed E-state index contributed by atoms with van der Waals surface area (Å²) in [4.78, 5) is 25.2. The molecule has 1 aromatic carbocycles. The minimum Gasteiger partial charge on any atom is -0.384 e. The Kier molecular flexibility index (Phi) is 5.28. The van der Waals surface area contributed by atoms with E-state index in [0.717, 1.165) is 25.1 Å². The van der Waals surface area contributed by atoms with Gasteiger partial charge >= 0.3 is 0 Å². The van der Waals surface area contributed by atoms with Crippen LogP contribution in [0.5, 0.6) is 0 Å². The summed E-state index contributed by atoms with van der Waals surface area (Å²) in [6.07, 6.45) is 3.12. The Hall–Kier alpha value is -2.47. The number of likely N-dealkylation sites (N-methyl/N-ethyl adjacent to an activating group) is 1. The average molecular weight is 339 g/mol. The summed E-state index contributed by atoms with van der Waals surface area (Å²) in [5, 5.41) is 0. The van der Waals surface area contributed by atoms with Crippen LogP contribution < -0.4 is 5.73 Å². The molecule has 25 heavy (non-hydrogen) atoms. The maximum Gasteiger partial charge on any atom is 0.227 e. The van der Waals surface area contributed by atoms with Crippen molar-refractivity contribution in [1.82, 2.24) is 19.8 Å². The largest absolute Gasteiger partial charge is 0.384 e. The van der Waals surface area contributed by atoms with Gasteiger partial charge in [-0.05, 0) is 32.0 Å². The highest BCUT2D eigenvalue weighted by Gasteiger charge is 2.29. The Morgan fingerprint density at radius 2 is 2.08 bits per heavy atom. The van der Waals surface area contributed by atoms with Crippen LogP contribution >= 0.6 is 0 Å². The Bertz CT molecular complexity index is 731. The number of amides is 1. The van der Waals surface area contributed by atoms with E-state index in [1.54, 1.807) is 12.3 Å². The smallest absolute Gasteiger partial charge is 0.227 e. The molecule has 1 aliphatic heterocycles. The quantitative estimate of drug-likeness (QED) is 0.896. The summed E-state index contributed by atoms with van der Waals surface area (Å²) < 4.78 is 0. The number of nitrogens with two attached hydrogens (primary N) is 1. The van der Waals surface area contributed by atoms with Crippen LogP contribution in [0.4, 0.5) is 5.82 Å². The molecule has 1 aromatic heterocycles. The van der Waals surface area contributed by atoms with E-state index in [2.05, 4.69) is 33.9 Å². The third kappa shape index (κ3) is 4.54. The summed E-state index contributed by atoms with van der Waals surface area (Å²) in [7, 11) is 2.05. The van der Waals surface area contributed by atoms with Gasteiger partial charge in [-0.25, -0.2) is 9.97 Å². The highest BCUT2D eigenvalue weighted by Crippen LogP contribution is 2.17. The number of aryl methyl sites for hydroxylation is 1. The van der Waals surface area contributed by atoms with Crippen LogP contribution in [0.2, 0.25) is 0 Å². The van der Waals surface area contributed by atoms with Crippen LogP contribution in [0.15, 0.2) is 36.5 Å². The lowest BCUT2D eigenvalue weighted by atomic mass is 10.1. The molecule has 2 N–H and O–H groups in total. The molecule has 0 radical (unpaired) electrons. The SMILES string of the molecule is Cc1ccc(CC(=O)N2CC[C@H](N(C)Cc3nccc(N)n3)C2)cc1. The van der Waals surface area contributed by atoms with Crippen molar-refractivity contribution in [1.29, 1.82) is 0 Å². The molecule has 2 heterocycles. The van der Waals surface area contributed by atoms with Gasteiger partial charge < -0.3 is 10.6 Å². The van der Waals surface area contributed by atoms with Gasteiger partial charge in [0.15, 0.2) is 0 Å². The lowest BCUT2D eigenvalue weighted by Crippen LogP contribution is -2.37. The number of benzene rings is 1. The van der Waals surface area contributed by atoms with E-state index >= 15 is 0 Å². The van der Waals surface area contributed by atoms with Gasteiger partial charge in [0.25, 0.3) is 0 Å². The molecule has 6 heteroatoms. The topological polar surface area (TPSA) is 75.4 Å². The van der Waals surface area contributed by atoms with E-state index in [1.165, 1.54) is 5.56 Å². The van der Waals surface area contributed by atoms with E-state index in [4.69, 9.17) is 5.73 Å². The third-order valence-corrected chi connectivity index (χ3v) is 4.73. The highest BCUT2D eigenvalue weighted by molar-refractivity contribution is 5.79. The standard InChI is InChI=1S/C19H25N5O/c1-14-3-5-15(6-4-14)11-19(25)24-10-8-16(12-24)23(2)13-18-21-9-7-17(20)22-18/h3-7,9,16H,8,10-13H2,1-2H3,(H2,20,21,22)/t16-/m0/s1. The molecule has 0 aliphatic carbocycles. The molecule has 3 rings (SSSR count). The fourth-order valence-electron chi connectivity index (χ4n) is 3.16. The second-order valence-corrected chi connectivity index (χ2v) is 6.76. The van der Waals surface area contributed by atoms with Gasteiger partial charge in [-0.15, -0.1) is 0 Å². The van der Waals surface area contributed by atoms with Gasteiger partial charge in [-0.3, -0.25) is 9.69 Å². The number of nitrogens with zero attached hydrogens (tertiary/aromatic N) is 4. The van der Waals surface area contributed by atoms with Gasteiger partial charge in [0.1, 0.15) is 11.6 Å². The molecule has 2 aromatic rings. The van der Waals surface area contributed by atoms with Crippen molar-refractivity contribution in [3.8, 4) is 0 Å². The monoisotopic (exact) mass is 339 g/mol. The van der Waals surface area contributed by atoms with Crippen molar-refractivity contribution < 1.29 is 4.79 Å². The van der Waals surface area contributed by atoms with Gasteiger partial charge in [0, 0.05) is 25.3 Å². The number of hydrogen-bond donors (Lipinski definition) is 1. The van der Waals surface area contributed by atoms with E-state index in [0.29, 0.717) is 30.6 Å². The molecule has 1 atom stereocenters. The minimum atomic E-state index is 0.194. The third-order valence-electron chi connectivity index (χ3n) is 4.73. The van der Waals surface area contributed by atoms with Crippen LogP contribution in [0, 0.1) is 6.92 Å². The lowest BCUT2D eigenvalue weighted by Gasteiger charge is -2.24. The van der Waals surface area contributed by atoms with Gasteiger partial charge in [0.2, 0.25) is 5.91 Å². The van der Waals surface area contributed by atoms with Crippen molar-refractivity contribution in [2.24, 2.45) is 0 Å². The van der Waals surface area contributed by atoms with Crippen LogP contribution in [-0.2, 0) is 17.8 Å². The number of hydrogen-bond acceptors (Lipinski definition) is 5. The Labute approximate surface area is 148 Å². The zero-order valence-corrected chi connectivity index (χ0v) is 14.9. The number of anilines is 1. The Balaban J connectivity index is 1.53. The second-order valence-electron chi connectivity index (χ2n) is 6.76. The Morgan fingerprint density at radius 1 is 1.32 bits per heavy atom. The summed E-state index contributed by atoms with van der Waals surface area (Å²) in [6, 6.07) is 10.2. The van der Waals surface area contributed by atoms with E-state index < -0.39 is 0 Å². The van der Waals surface area contributed by atoms with Crippen LogP contribution in [0.1, 0.15) is 23.4 Å². The molecule has 0 saturated carbocycles. The molecular weight excluding hydrogens is 314 g/mol. The number of aromatic nitrogens is 2. The molecule has 1 aliphatic rings. The van der Waals surface area contributed by atoms with Crippen molar-refractivity contribution >= 4 is 11.7 Å².